The molecule has 0 aliphatic carbocycles. The summed E-state index contributed by atoms with van der Waals surface area (Å²) in [5, 5.41) is 0.845. The molecule has 3 nitrogen and oxygen atoms in total. The summed E-state index contributed by atoms with van der Waals surface area (Å²) in [6.45, 7) is 6.67. The van der Waals surface area contributed by atoms with Gasteiger partial charge >= 0.3 is 0 Å². The predicted octanol–water partition coefficient (Wildman–Crippen LogP) is 2.74. The third kappa shape index (κ3) is 3.14. The molecule has 84 valence electrons. The summed E-state index contributed by atoms with van der Waals surface area (Å²) >= 11 is 6.69. The molecule has 1 aromatic heterocycles. The maximum Gasteiger partial charge on any atom is 0.267 e. The summed E-state index contributed by atoms with van der Waals surface area (Å²) < 4.78 is 2.19. The third-order valence-corrected chi connectivity index (χ3v) is 4.55. The van der Waals surface area contributed by atoms with Crippen LogP contribution in [0.15, 0.2) is 15.6 Å². The van der Waals surface area contributed by atoms with Crippen LogP contribution in [0.4, 0.5) is 0 Å². The number of halogens is 2. The second-order valence-corrected chi connectivity index (χ2v) is 5.73. The molecule has 1 heterocycles. The van der Waals surface area contributed by atoms with Gasteiger partial charge in [0.25, 0.3) is 5.56 Å². The van der Waals surface area contributed by atoms with Gasteiger partial charge in [0.1, 0.15) is 4.47 Å². The number of rotatable bonds is 3. The summed E-state index contributed by atoms with van der Waals surface area (Å²) in [5.41, 5.74) is 0.754. The molecule has 1 aromatic rings. The van der Waals surface area contributed by atoms with Gasteiger partial charge in [0.05, 0.1) is 12.0 Å². The Kier molecular flexibility index (Phi) is 4.12. The van der Waals surface area contributed by atoms with Gasteiger partial charge in [-0.3, -0.25) is 9.36 Å². The van der Waals surface area contributed by atoms with Gasteiger partial charge < -0.3 is 0 Å². The van der Waals surface area contributed by atoms with Gasteiger partial charge in [0.2, 0.25) is 0 Å². The second kappa shape index (κ2) is 4.78. The minimum Gasteiger partial charge on any atom is -0.298 e. The van der Waals surface area contributed by atoms with Gasteiger partial charge in [-0.05, 0) is 28.3 Å². The molecule has 0 saturated heterocycles. The Balaban J connectivity index is 3.08. The van der Waals surface area contributed by atoms with Crippen molar-refractivity contribution in [3.05, 3.63) is 26.8 Å². The molecule has 0 aliphatic rings. The lowest BCUT2D eigenvalue weighted by Gasteiger charge is -2.22. The Morgan fingerprint density at radius 2 is 2.13 bits per heavy atom. The van der Waals surface area contributed by atoms with E-state index in [9.17, 15) is 4.79 Å². The van der Waals surface area contributed by atoms with Crippen molar-refractivity contribution in [2.45, 2.75) is 27.3 Å². The number of alkyl halides is 1. The fourth-order valence-electron chi connectivity index (χ4n) is 1.16. The highest BCUT2D eigenvalue weighted by Gasteiger charge is 2.18. The SMILES string of the molecule is Cc1ncn(CC(C)(C)CBr)c(=O)c1Br. The summed E-state index contributed by atoms with van der Waals surface area (Å²) in [4.78, 5) is 16.0. The number of hydrogen-bond donors (Lipinski definition) is 0. The van der Waals surface area contributed by atoms with Crippen LogP contribution in [-0.4, -0.2) is 14.9 Å². The van der Waals surface area contributed by atoms with E-state index in [2.05, 4.69) is 50.7 Å². The largest absolute Gasteiger partial charge is 0.298 e. The smallest absolute Gasteiger partial charge is 0.267 e. The van der Waals surface area contributed by atoms with Crippen LogP contribution in [0.25, 0.3) is 0 Å². The van der Waals surface area contributed by atoms with E-state index in [-0.39, 0.29) is 11.0 Å². The Hall–Kier alpha value is -0.160. The minimum absolute atomic E-state index is 0.0171. The molecule has 0 fully saturated rings. The van der Waals surface area contributed by atoms with Crippen LogP contribution < -0.4 is 5.56 Å². The molecule has 1 rings (SSSR count). The van der Waals surface area contributed by atoms with Gasteiger partial charge in [-0.25, -0.2) is 4.98 Å². The van der Waals surface area contributed by atoms with Gasteiger partial charge in [-0.2, -0.15) is 0 Å². The van der Waals surface area contributed by atoms with E-state index in [0.29, 0.717) is 11.0 Å². The van der Waals surface area contributed by atoms with Crippen LogP contribution in [0.5, 0.6) is 0 Å². The summed E-state index contributed by atoms with van der Waals surface area (Å²) in [6, 6.07) is 0. The predicted molar refractivity (Wildman–Crippen MR) is 68.5 cm³/mol. The van der Waals surface area contributed by atoms with Crippen molar-refractivity contribution >= 4 is 31.9 Å². The molecule has 0 spiro atoms. The number of nitrogens with zero attached hydrogens (tertiary/aromatic N) is 2. The van der Waals surface area contributed by atoms with Crippen LogP contribution in [0.2, 0.25) is 0 Å². The molecule has 0 saturated carbocycles. The van der Waals surface area contributed by atoms with E-state index >= 15 is 0 Å². The number of aromatic nitrogens is 2. The van der Waals surface area contributed by atoms with Crippen molar-refractivity contribution in [2.24, 2.45) is 5.41 Å². The molecule has 15 heavy (non-hydrogen) atoms. The summed E-state index contributed by atoms with van der Waals surface area (Å²) in [6.07, 6.45) is 1.60. The molecule has 0 amide bonds. The average Bonchev–Trinajstić information content (AvgIpc) is 2.19. The quantitative estimate of drug-likeness (QED) is 0.795. The fourth-order valence-corrected chi connectivity index (χ4v) is 1.67. The van der Waals surface area contributed by atoms with Crippen molar-refractivity contribution in [2.75, 3.05) is 5.33 Å². The third-order valence-electron chi connectivity index (χ3n) is 2.12. The Morgan fingerprint density at radius 1 is 1.53 bits per heavy atom. The fraction of sp³-hybridized carbons (Fsp3) is 0.600. The highest BCUT2D eigenvalue weighted by atomic mass is 79.9. The maximum atomic E-state index is 11.8. The standard InChI is InChI=1S/C10H14Br2N2O/c1-7-8(12)9(15)14(6-13-7)5-10(2,3)4-11/h6H,4-5H2,1-3H3. The molecular formula is C10H14Br2N2O. The van der Waals surface area contributed by atoms with Crippen LogP contribution in [0.1, 0.15) is 19.5 Å². The first-order valence-corrected chi connectivity index (χ1v) is 6.56. The average molecular weight is 338 g/mol. The van der Waals surface area contributed by atoms with Crippen molar-refractivity contribution < 1.29 is 0 Å². The lowest BCUT2D eigenvalue weighted by molar-refractivity contribution is 0.346. The molecule has 0 aromatic carbocycles. The Bertz CT molecular complexity index is 412. The molecular weight excluding hydrogens is 324 g/mol. The molecule has 0 aliphatic heterocycles. The molecule has 0 radical (unpaired) electrons. The number of hydrogen-bond acceptors (Lipinski definition) is 2. The van der Waals surface area contributed by atoms with Crippen molar-refractivity contribution in [3.8, 4) is 0 Å². The van der Waals surface area contributed by atoms with Gasteiger partial charge in [0, 0.05) is 11.9 Å². The van der Waals surface area contributed by atoms with E-state index in [1.54, 1.807) is 10.9 Å². The molecule has 0 bridgehead atoms. The topological polar surface area (TPSA) is 34.9 Å². The summed E-state index contributed by atoms with van der Waals surface area (Å²) in [5.74, 6) is 0. The molecule has 0 N–H and O–H groups in total. The van der Waals surface area contributed by atoms with Crippen LogP contribution >= 0.6 is 31.9 Å². The van der Waals surface area contributed by atoms with E-state index in [0.717, 1.165) is 11.0 Å². The number of aryl methyl sites for hydroxylation is 1. The zero-order valence-electron chi connectivity index (χ0n) is 9.05. The normalized spacial score (nSPS) is 11.8. The molecule has 0 unspecified atom stereocenters. The Labute approximate surface area is 106 Å². The minimum atomic E-state index is -0.0171. The highest BCUT2D eigenvalue weighted by molar-refractivity contribution is 9.10. The highest BCUT2D eigenvalue weighted by Crippen LogP contribution is 2.20. The van der Waals surface area contributed by atoms with Crippen LogP contribution in [0, 0.1) is 12.3 Å². The maximum absolute atomic E-state index is 11.8. The van der Waals surface area contributed by atoms with E-state index in [4.69, 9.17) is 0 Å². The van der Waals surface area contributed by atoms with E-state index in [1.807, 2.05) is 6.92 Å². The van der Waals surface area contributed by atoms with Crippen molar-refractivity contribution in [1.29, 1.82) is 0 Å². The lowest BCUT2D eigenvalue weighted by atomic mass is 9.97. The zero-order chi connectivity index (χ0) is 11.6. The van der Waals surface area contributed by atoms with Gasteiger partial charge in [0.15, 0.2) is 0 Å². The van der Waals surface area contributed by atoms with E-state index < -0.39 is 0 Å². The summed E-state index contributed by atoms with van der Waals surface area (Å²) in [7, 11) is 0. The monoisotopic (exact) mass is 336 g/mol. The van der Waals surface area contributed by atoms with Crippen molar-refractivity contribution in [1.82, 2.24) is 9.55 Å². The first-order chi connectivity index (χ1) is 6.87. The molecule has 5 heteroatoms. The van der Waals surface area contributed by atoms with Gasteiger partial charge in [-0.1, -0.05) is 29.8 Å². The first-order valence-electron chi connectivity index (χ1n) is 4.65. The van der Waals surface area contributed by atoms with Crippen LogP contribution in [0.3, 0.4) is 0 Å². The second-order valence-electron chi connectivity index (χ2n) is 4.37. The molecule has 0 atom stereocenters. The van der Waals surface area contributed by atoms with Crippen LogP contribution in [-0.2, 0) is 6.54 Å². The van der Waals surface area contributed by atoms with Gasteiger partial charge in [-0.15, -0.1) is 0 Å². The first kappa shape index (κ1) is 12.9. The Morgan fingerprint density at radius 3 is 2.67 bits per heavy atom. The van der Waals surface area contributed by atoms with Crippen molar-refractivity contribution in [3.63, 3.8) is 0 Å². The zero-order valence-corrected chi connectivity index (χ0v) is 12.2. The lowest BCUT2D eigenvalue weighted by Crippen LogP contribution is -2.30. The van der Waals surface area contributed by atoms with E-state index in [1.165, 1.54) is 0 Å².